The molecular weight excluding hydrogens is 399 g/mol. The van der Waals surface area contributed by atoms with Crippen LogP contribution in [0.25, 0.3) is 0 Å². The van der Waals surface area contributed by atoms with Gasteiger partial charge in [0, 0.05) is 16.8 Å². The molecule has 0 spiro atoms. The molecule has 9 heteroatoms. The van der Waals surface area contributed by atoms with Gasteiger partial charge in [0.2, 0.25) is 5.91 Å². The molecule has 0 saturated heterocycles. The number of halogens is 2. The SMILES string of the molecule is CC(=O)NC(CC(=O)OCC(=O)Nc1cc(Cl)ccc1Cl)c1cccs1. The molecule has 0 saturated carbocycles. The molecule has 1 aromatic carbocycles. The van der Waals surface area contributed by atoms with E-state index >= 15 is 0 Å². The normalized spacial score (nSPS) is 11.5. The highest BCUT2D eigenvalue weighted by Gasteiger charge is 2.20. The van der Waals surface area contributed by atoms with E-state index in [1.54, 1.807) is 12.1 Å². The number of esters is 1. The summed E-state index contributed by atoms with van der Waals surface area (Å²) < 4.78 is 4.98. The fourth-order valence-corrected chi connectivity index (χ4v) is 3.22. The molecule has 0 aliphatic heterocycles. The van der Waals surface area contributed by atoms with Gasteiger partial charge in [-0.3, -0.25) is 14.4 Å². The lowest BCUT2D eigenvalue weighted by molar-refractivity contribution is -0.147. The number of nitrogens with one attached hydrogen (secondary N) is 2. The van der Waals surface area contributed by atoms with E-state index < -0.39 is 24.5 Å². The molecule has 0 bridgehead atoms. The van der Waals surface area contributed by atoms with Crippen LogP contribution in [0, 0.1) is 0 Å². The van der Waals surface area contributed by atoms with Crippen LogP contribution < -0.4 is 10.6 Å². The summed E-state index contributed by atoms with van der Waals surface area (Å²) in [6.45, 7) is 0.896. The number of anilines is 1. The van der Waals surface area contributed by atoms with Gasteiger partial charge in [-0.15, -0.1) is 11.3 Å². The Balaban J connectivity index is 1.87. The van der Waals surface area contributed by atoms with E-state index in [4.69, 9.17) is 27.9 Å². The van der Waals surface area contributed by atoms with Gasteiger partial charge < -0.3 is 15.4 Å². The van der Waals surface area contributed by atoms with E-state index in [2.05, 4.69) is 10.6 Å². The van der Waals surface area contributed by atoms with Crippen LogP contribution in [-0.4, -0.2) is 24.4 Å². The van der Waals surface area contributed by atoms with Crippen molar-refractivity contribution in [2.75, 3.05) is 11.9 Å². The molecule has 138 valence electrons. The lowest BCUT2D eigenvalue weighted by atomic mass is 10.1. The van der Waals surface area contributed by atoms with E-state index in [0.29, 0.717) is 15.7 Å². The van der Waals surface area contributed by atoms with E-state index in [9.17, 15) is 14.4 Å². The van der Waals surface area contributed by atoms with Crippen molar-refractivity contribution >= 4 is 58.0 Å². The zero-order chi connectivity index (χ0) is 19.1. The lowest BCUT2D eigenvalue weighted by Crippen LogP contribution is -2.29. The van der Waals surface area contributed by atoms with Crippen molar-refractivity contribution in [3.8, 4) is 0 Å². The summed E-state index contributed by atoms with van der Waals surface area (Å²) in [5.74, 6) is -1.41. The predicted octanol–water partition coefficient (Wildman–Crippen LogP) is 3.80. The maximum atomic E-state index is 12.0. The van der Waals surface area contributed by atoms with Crippen molar-refractivity contribution in [1.29, 1.82) is 0 Å². The molecule has 1 aromatic heterocycles. The van der Waals surface area contributed by atoms with Gasteiger partial charge in [0.05, 0.1) is 23.2 Å². The van der Waals surface area contributed by atoms with Crippen LogP contribution in [-0.2, 0) is 19.1 Å². The number of amides is 2. The second-order valence-electron chi connectivity index (χ2n) is 5.31. The lowest BCUT2D eigenvalue weighted by Gasteiger charge is -2.15. The highest BCUT2D eigenvalue weighted by molar-refractivity contribution is 7.10. The summed E-state index contributed by atoms with van der Waals surface area (Å²) in [6.07, 6.45) is -0.0781. The van der Waals surface area contributed by atoms with E-state index in [0.717, 1.165) is 4.88 Å². The third kappa shape index (κ3) is 6.33. The molecule has 1 heterocycles. The molecule has 1 atom stereocenters. The van der Waals surface area contributed by atoms with Crippen LogP contribution in [0.15, 0.2) is 35.7 Å². The first kappa shape index (κ1) is 20.2. The van der Waals surface area contributed by atoms with Gasteiger partial charge in [0.1, 0.15) is 0 Å². The van der Waals surface area contributed by atoms with Crippen LogP contribution in [0.2, 0.25) is 10.0 Å². The maximum Gasteiger partial charge on any atom is 0.308 e. The quantitative estimate of drug-likeness (QED) is 0.674. The van der Waals surface area contributed by atoms with Crippen LogP contribution in [0.3, 0.4) is 0 Å². The average molecular weight is 415 g/mol. The topological polar surface area (TPSA) is 84.5 Å². The van der Waals surface area contributed by atoms with Crippen LogP contribution in [0.4, 0.5) is 5.69 Å². The average Bonchev–Trinajstić information content (AvgIpc) is 3.10. The van der Waals surface area contributed by atoms with E-state index in [1.165, 1.54) is 24.3 Å². The summed E-state index contributed by atoms with van der Waals surface area (Å²) in [6, 6.07) is 7.77. The van der Waals surface area contributed by atoms with Crippen LogP contribution >= 0.6 is 34.5 Å². The first-order chi connectivity index (χ1) is 12.3. The first-order valence-corrected chi connectivity index (χ1v) is 9.19. The van der Waals surface area contributed by atoms with Crippen LogP contribution in [0.1, 0.15) is 24.3 Å². The summed E-state index contributed by atoms with van der Waals surface area (Å²) in [5, 5.41) is 7.79. The minimum absolute atomic E-state index is 0.0781. The number of benzene rings is 1. The number of hydrogen-bond acceptors (Lipinski definition) is 5. The Kier molecular flexibility index (Phi) is 7.44. The molecule has 0 radical (unpaired) electrons. The van der Waals surface area contributed by atoms with Crippen molar-refractivity contribution < 1.29 is 19.1 Å². The summed E-state index contributed by atoms with van der Waals surface area (Å²) in [5.41, 5.74) is 0.329. The van der Waals surface area contributed by atoms with Gasteiger partial charge in [-0.2, -0.15) is 0 Å². The number of hydrogen-bond donors (Lipinski definition) is 2. The largest absolute Gasteiger partial charge is 0.455 e. The highest BCUT2D eigenvalue weighted by Crippen LogP contribution is 2.25. The van der Waals surface area contributed by atoms with Crippen molar-refractivity contribution in [2.24, 2.45) is 0 Å². The Morgan fingerprint density at radius 2 is 2.00 bits per heavy atom. The Labute approximate surface area is 164 Å². The van der Waals surface area contributed by atoms with E-state index in [1.807, 2.05) is 17.5 Å². The van der Waals surface area contributed by atoms with Gasteiger partial charge in [0.15, 0.2) is 6.61 Å². The Morgan fingerprint density at radius 1 is 1.23 bits per heavy atom. The first-order valence-electron chi connectivity index (χ1n) is 7.56. The molecule has 2 amide bonds. The van der Waals surface area contributed by atoms with Crippen LogP contribution in [0.5, 0.6) is 0 Å². The second-order valence-corrected chi connectivity index (χ2v) is 7.13. The highest BCUT2D eigenvalue weighted by atomic mass is 35.5. The number of carbonyl (C=O) groups excluding carboxylic acids is 3. The number of thiophene rings is 1. The van der Waals surface area contributed by atoms with Gasteiger partial charge in [-0.1, -0.05) is 29.3 Å². The second kappa shape index (κ2) is 9.56. The number of carbonyl (C=O) groups is 3. The van der Waals surface area contributed by atoms with E-state index in [-0.39, 0.29) is 12.3 Å². The summed E-state index contributed by atoms with van der Waals surface area (Å²) in [4.78, 5) is 36.1. The Morgan fingerprint density at radius 3 is 2.65 bits per heavy atom. The smallest absolute Gasteiger partial charge is 0.308 e. The maximum absolute atomic E-state index is 12.0. The molecule has 6 nitrogen and oxygen atoms in total. The molecular formula is C17H16Cl2N2O4S. The zero-order valence-corrected chi connectivity index (χ0v) is 16.1. The molecule has 2 aromatic rings. The monoisotopic (exact) mass is 414 g/mol. The number of rotatable bonds is 7. The fraction of sp³-hybridized carbons (Fsp3) is 0.235. The molecule has 1 unspecified atom stereocenters. The van der Waals surface area contributed by atoms with Crippen molar-refractivity contribution in [1.82, 2.24) is 5.32 Å². The molecule has 0 aliphatic carbocycles. The molecule has 0 fully saturated rings. The van der Waals surface area contributed by atoms with Gasteiger partial charge >= 0.3 is 5.97 Å². The zero-order valence-electron chi connectivity index (χ0n) is 13.8. The Bertz CT molecular complexity index is 796. The molecule has 2 rings (SSSR count). The molecule has 2 N–H and O–H groups in total. The van der Waals surface area contributed by atoms with Crippen molar-refractivity contribution in [2.45, 2.75) is 19.4 Å². The Hall–Kier alpha value is -2.09. The van der Waals surface area contributed by atoms with Crippen molar-refractivity contribution in [3.63, 3.8) is 0 Å². The molecule has 26 heavy (non-hydrogen) atoms. The van der Waals surface area contributed by atoms with Gasteiger partial charge in [0.25, 0.3) is 5.91 Å². The standard InChI is InChI=1S/C17H16Cl2N2O4S/c1-10(22)20-14(15-3-2-6-26-15)8-17(24)25-9-16(23)21-13-7-11(18)4-5-12(13)19/h2-7,14H,8-9H2,1H3,(H,20,22)(H,21,23). The minimum atomic E-state index is -0.607. The summed E-state index contributed by atoms with van der Waals surface area (Å²) >= 11 is 13.2. The fourth-order valence-electron chi connectivity index (χ4n) is 2.11. The third-order valence-electron chi connectivity index (χ3n) is 3.20. The van der Waals surface area contributed by atoms with Gasteiger partial charge in [-0.25, -0.2) is 0 Å². The van der Waals surface area contributed by atoms with Crippen molar-refractivity contribution in [3.05, 3.63) is 50.6 Å². The minimum Gasteiger partial charge on any atom is -0.455 e. The molecule has 0 aliphatic rings. The number of ether oxygens (including phenoxy) is 1. The predicted molar refractivity (Wildman–Crippen MR) is 102 cm³/mol. The third-order valence-corrected chi connectivity index (χ3v) is 4.75. The summed E-state index contributed by atoms with van der Waals surface area (Å²) in [7, 11) is 0. The van der Waals surface area contributed by atoms with Gasteiger partial charge in [-0.05, 0) is 29.6 Å².